The van der Waals surface area contributed by atoms with Crippen molar-refractivity contribution in [1.82, 2.24) is 0 Å². The average Bonchev–Trinajstić information content (AvgIpc) is 2.54. The highest BCUT2D eigenvalue weighted by Crippen LogP contribution is 2.38. The molecule has 0 N–H and O–H groups in total. The summed E-state index contributed by atoms with van der Waals surface area (Å²) in [4.78, 5) is 21.4. The number of hydrogen-bond donors (Lipinski definition) is 0. The Kier molecular flexibility index (Phi) is 10.7. The van der Waals surface area contributed by atoms with Gasteiger partial charge in [-0.05, 0) is 26.7 Å². The fourth-order valence-electron chi connectivity index (χ4n) is 1.89. The molecule has 2 unspecified atom stereocenters. The van der Waals surface area contributed by atoms with Crippen LogP contribution in [0.1, 0.15) is 53.4 Å². The third-order valence-electron chi connectivity index (χ3n) is 3.57. The predicted molar refractivity (Wildman–Crippen MR) is 99.0 cm³/mol. The molecule has 4 nitrogen and oxygen atoms in total. The van der Waals surface area contributed by atoms with Gasteiger partial charge in [0.1, 0.15) is 9.75 Å². The van der Waals surface area contributed by atoms with Crippen LogP contribution in [0.5, 0.6) is 0 Å². The molecule has 0 amide bonds. The molecule has 0 spiro atoms. The quantitative estimate of drug-likeness (QED) is 0.352. The van der Waals surface area contributed by atoms with Crippen LogP contribution in [-0.4, -0.2) is 34.9 Å². The normalized spacial score (nSPS) is 17.3. The van der Waals surface area contributed by atoms with E-state index in [1.807, 2.05) is 0 Å². The van der Waals surface area contributed by atoms with Crippen LogP contribution in [-0.2, 0) is 19.1 Å². The average molecular weight is 422 g/mol. The molecular formula is C16H24Cl4O4. The Morgan fingerprint density at radius 3 is 1.25 bits per heavy atom. The first-order valence-corrected chi connectivity index (χ1v) is 9.36. The van der Waals surface area contributed by atoms with Gasteiger partial charge in [0.2, 0.25) is 0 Å². The SMILES string of the molecule is CCOC(=O)C(Cl)(CC)CC(Cl)=C(Cl)CC(Cl)(CC)C(=O)OCC. The Balaban J connectivity index is 5.30. The minimum absolute atomic E-state index is 0.0101. The van der Waals surface area contributed by atoms with Gasteiger partial charge in [-0.3, -0.25) is 9.59 Å². The first kappa shape index (κ1) is 23.8. The number of carbonyl (C=O) groups excluding carboxylic acids is 2. The van der Waals surface area contributed by atoms with Crippen molar-refractivity contribution in [1.29, 1.82) is 0 Å². The van der Waals surface area contributed by atoms with Gasteiger partial charge in [-0.2, -0.15) is 0 Å². The van der Waals surface area contributed by atoms with Crippen molar-refractivity contribution < 1.29 is 19.1 Å². The summed E-state index contributed by atoms with van der Waals surface area (Å²) in [6.07, 6.45) is 0.602. The van der Waals surface area contributed by atoms with Gasteiger partial charge in [-0.15, -0.1) is 23.2 Å². The topological polar surface area (TPSA) is 52.6 Å². The Morgan fingerprint density at radius 2 is 1.04 bits per heavy atom. The molecule has 0 aromatic carbocycles. The largest absolute Gasteiger partial charge is 0.465 e. The van der Waals surface area contributed by atoms with Gasteiger partial charge in [0.25, 0.3) is 0 Å². The van der Waals surface area contributed by atoms with Gasteiger partial charge in [-0.25, -0.2) is 0 Å². The van der Waals surface area contributed by atoms with Crippen LogP contribution in [0.15, 0.2) is 10.1 Å². The number of esters is 2. The maximum Gasteiger partial charge on any atom is 0.327 e. The minimum atomic E-state index is -1.31. The van der Waals surface area contributed by atoms with E-state index in [9.17, 15) is 9.59 Å². The van der Waals surface area contributed by atoms with E-state index in [0.717, 1.165) is 0 Å². The second-order valence-corrected chi connectivity index (χ2v) is 7.60. The zero-order valence-electron chi connectivity index (χ0n) is 14.4. The van der Waals surface area contributed by atoms with E-state index in [-0.39, 0.29) is 36.1 Å². The number of alkyl halides is 2. The summed E-state index contributed by atoms with van der Waals surface area (Å²) in [5, 5.41) is 0.341. The summed E-state index contributed by atoms with van der Waals surface area (Å²) < 4.78 is 9.95. The lowest BCUT2D eigenvalue weighted by atomic mass is 9.97. The van der Waals surface area contributed by atoms with Crippen LogP contribution in [0.25, 0.3) is 0 Å². The minimum Gasteiger partial charge on any atom is -0.465 e. The molecule has 0 saturated heterocycles. The number of rotatable bonds is 10. The van der Waals surface area contributed by atoms with E-state index in [4.69, 9.17) is 55.9 Å². The van der Waals surface area contributed by atoms with Gasteiger partial charge >= 0.3 is 11.9 Å². The van der Waals surface area contributed by atoms with Crippen LogP contribution < -0.4 is 0 Å². The first-order valence-electron chi connectivity index (χ1n) is 7.85. The molecule has 0 aliphatic heterocycles. The van der Waals surface area contributed by atoms with Gasteiger partial charge < -0.3 is 9.47 Å². The Labute approximate surface area is 163 Å². The van der Waals surface area contributed by atoms with Crippen LogP contribution in [0.4, 0.5) is 0 Å². The van der Waals surface area contributed by atoms with Crippen LogP contribution in [0.2, 0.25) is 0 Å². The highest BCUT2D eigenvalue weighted by atomic mass is 35.5. The van der Waals surface area contributed by atoms with Crippen molar-refractivity contribution in [3.8, 4) is 0 Å². The molecule has 0 aliphatic rings. The first-order chi connectivity index (χ1) is 11.1. The molecule has 0 saturated carbocycles. The molecule has 0 radical (unpaired) electrons. The molecule has 0 bridgehead atoms. The Hall–Kier alpha value is -0.160. The molecule has 140 valence electrons. The third kappa shape index (κ3) is 6.62. The van der Waals surface area contributed by atoms with Crippen molar-refractivity contribution in [2.24, 2.45) is 0 Å². The zero-order chi connectivity index (χ0) is 19.0. The maximum atomic E-state index is 12.0. The Morgan fingerprint density at radius 1 is 0.750 bits per heavy atom. The van der Waals surface area contributed by atoms with Crippen molar-refractivity contribution in [3.63, 3.8) is 0 Å². The number of hydrogen-bond acceptors (Lipinski definition) is 4. The zero-order valence-corrected chi connectivity index (χ0v) is 17.4. The smallest absolute Gasteiger partial charge is 0.327 e. The lowest BCUT2D eigenvalue weighted by Crippen LogP contribution is -2.35. The monoisotopic (exact) mass is 420 g/mol. The van der Waals surface area contributed by atoms with Crippen LogP contribution in [0, 0.1) is 0 Å². The highest BCUT2D eigenvalue weighted by Gasteiger charge is 2.40. The molecular weight excluding hydrogens is 398 g/mol. The number of ether oxygens (including phenoxy) is 2. The molecule has 0 rings (SSSR count). The van der Waals surface area contributed by atoms with E-state index in [2.05, 4.69) is 0 Å². The molecule has 0 aromatic heterocycles. The summed E-state index contributed by atoms with van der Waals surface area (Å²) in [5.74, 6) is -1.12. The van der Waals surface area contributed by atoms with E-state index < -0.39 is 21.7 Å². The van der Waals surface area contributed by atoms with Gasteiger partial charge in [-0.1, -0.05) is 37.0 Å². The van der Waals surface area contributed by atoms with E-state index in [1.165, 1.54) is 0 Å². The fraction of sp³-hybridized carbons (Fsp3) is 0.750. The number of halogens is 4. The maximum absolute atomic E-state index is 12.0. The van der Waals surface area contributed by atoms with Gasteiger partial charge in [0.05, 0.1) is 13.2 Å². The van der Waals surface area contributed by atoms with E-state index >= 15 is 0 Å². The van der Waals surface area contributed by atoms with Crippen LogP contribution >= 0.6 is 46.4 Å². The van der Waals surface area contributed by atoms with Gasteiger partial charge in [0, 0.05) is 22.9 Å². The third-order valence-corrected chi connectivity index (χ3v) is 5.50. The van der Waals surface area contributed by atoms with Crippen molar-refractivity contribution >= 4 is 58.3 Å². The van der Waals surface area contributed by atoms with E-state index in [0.29, 0.717) is 12.8 Å². The Bertz CT molecular complexity index is 439. The summed E-state index contributed by atoms with van der Waals surface area (Å²) in [5.41, 5.74) is 0. The number of carbonyl (C=O) groups is 2. The summed E-state index contributed by atoms with van der Waals surface area (Å²) >= 11 is 25.1. The predicted octanol–water partition coefficient (Wildman–Crippen LogP) is 5.36. The lowest BCUT2D eigenvalue weighted by Gasteiger charge is -2.25. The molecule has 24 heavy (non-hydrogen) atoms. The summed E-state index contributed by atoms with van der Waals surface area (Å²) in [7, 11) is 0. The second-order valence-electron chi connectivity index (χ2n) is 5.24. The summed E-state index contributed by atoms with van der Waals surface area (Å²) in [6, 6.07) is 0. The standard InChI is InChI=1S/C16H24Cl4O4/c1-5-15(19,13(21)23-7-3)9-11(17)12(18)10-16(20,6-2)14(22)24-8-4/h5-10H2,1-4H3. The van der Waals surface area contributed by atoms with Crippen LogP contribution in [0.3, 0.4) is 0 Å². The molecule has 0 heterocycles. The van der Waals surface area contributed by atoms with Crippen molar-refractivity contribution in [2.45, 2.75) is 63.1 Å². The van der Waals surface area contributed by atoms with Crippen molar-refractivity contribution in [3.05, 3.63) is 10.1 Å². The lowest BCUT2D eigenvalue weighted by molar-refractivity contribution is -0.147. The van der Waals surface area contributed by atoms with Crippen molar-refractivity contribution in [2.75, 3.05) is 13.2 Å². The second kappa shape index (κ2) is 10.7. The molecule has 2 atom stereocenters. The van der Waals surface area contributed by atoms with Gasteiger partial charge in [0.15, 0.2) is 0 Å². The number of allylic oxidation sites excluding steroid dienone is 2. The summed E-state index contributed by atoms with van der Waals surface area (Å²) in [6.45, 7) is 7.31. The molecule has 8 heteroatoms. The fourth-order valence-corrected chi connectivity index (χ4v) is 2.99. The highest BCUT2D eigenvalue weighted by molar-refractivity contribution is 6.42. The molecule has 0 aromatic rings. The van der Waals surface area contributed by atoms with E-state index in [1.54, 1.807) is 27.7 Å². The molecule has 0 fully saturated rings. The molecule has 0 aliphatic carbocycles.